The van der Waals surface area contributed by atoms with Crippen LogP contribution in [0.4, 0.5) is 5.69 Å². The standard InChI is InChI=1S/C11H12N4O/c1-14-4-5-15(8-11(14)16)10-3-2-9(6-12)13-7-10/h2-3,7H,4-5,8H2,1H3. The van der Waals surface area contributed by atoms with Gasteiger partial charge in [0.1, 0.15) is 11.8 Å². The molecule has 82 valence electrons. The van der Waals surface area contributed by atoms with E-state index in [4.69, 9.17) is 5.26 Å². The molecule has 1 amide bonds. The molecule has 0 saturated carbocycles. The fraction of sp³-hybridized carbons (Fsp3) is 0.364. The lowest BCUT2D eigenvalue weighted by Gasteiger charge is -2.33. The summed E-state index contributed by atoms with van der Waals surface area (Å²) < 4.78 is 0. The summed E-state index contributed by atoms with van der Waals surface area (Å²) in [5, 5.41) is 8.63. The SMILES string of the molecule is CN1CCN(c2ccc(C#N)nc2)CC1=O. The first-order valence-electron chi connectivity index (χ1n) is 5.06. The van der Waals surface area contributed by atoms with Gasteiger partial charge >= 0.3 is 0 Å². The zero-order chi connectivity index (χ0) is 11.5. The van der Waals surface area contributed by atoms with Gasteiger partial charge in [0.2, 0.25) is 5.91 Å². The molecule has 2 heterocycles. The third-order valence-electron chi connectivity index (χ3n) is 2.68. The first-order chi connectivity index (χ1) is 7.70. The number of amides is 1. The van der Waals surface area contributed by atoms with Gasteiger partial charge in [-0.1, -0.05) is 0 Å². The van der Waals surface area contributed by atoms with Gasteiger partial charge < -0.3 is 9.80 Å². The number of rotatable bonds is 1. The molecule has 1 aromatic rings. The average Bonchev–Trinajstić information content (AvgIpc) is 2.33. The zero-order valence-corrected chi connectivity index (χ0v) is 9.05. The molecule has 5 nitrogen and oxygen atoms in total. The van der Waals surface area contributed by atoms with Crippen LogP contribution in [0.3, 0.4) is 0 Å². The summed E-state index contributed by atoms with van der Waals surface area (Å²) in [6.45, 7) is 1.90. The Balaban J connectivity index is 2.13. The molecule has 0 N–H and O–H groups in total. The van der Waals surface area contributed by atoms with E-state index >= 15 is 0 Å². The van der Waals surface area contributed by atoms with Crippen LogP contribution < -0.4 is 4.90 Å². The Bertz CT molecular complexity index is 434. The summed E-state index contributed by atoms with van der Waals surface area (Å²) in [6.07, 6.45) is 1.64. The predicted molar refractivity (Wildman–Crippen MR) is 58.8 cm³/mol. The van der Waals surface area contributed by atoms with Crippen LogP contribution >= 0.6 is 0 Å². The van der Waals surface area contributed by atoms with Crippen LogP contribution in [0.15, 0.2) is 18.3 Å². The van der Waals surface area contributed by atoms with Crippen molar-refractivity contribution in [2.75, 3.05) is 31.6 Å². The Morgan fingerprint density at radius 3 is 2.81 bits per heavy atom. The van der Waals surface area contributed by atoms with Crippen molar-refractivity contribution in [3.8, 4) is 6.07 Å². The number of carbonyl (C=O) groups excluding carboxylic acids is 1. The van der Waals surface area contributed by atoms with Crippen LogP contribution in [0.25, 0.3) is 0 Å². The molecule has 1 aromatic heterocycles. The van der Waals surface area contributed by atoms with Gasteiger partial charge in [-0.3, -0.25) is 4.79 Å². The Labute approximate surface area is 93.9 Å². The first kappa shape index (κ1) is 10.4. The highest BCUT2D eigenvalue weighted by molar-refractivity contribution is 5.82. The normalized spacial score (nSPS) is 16.1. The fourth-order valence-corrected chi connectivity index (χ4v) is 1.62. The summed E-state index contributed by atoms with van der Waals surface area (Å²) in [6, 6.07) is 5.46. The Morgan fingerprint density at radius 2 is 2.25 bits per heavy atom. The number of carbonyl (C=O) groups is 1. The molecule has 0 bridgehead atoms. The van der Waals surface area contributed by atoms with E-state index in [1.54, 1.807) is 24.2 Å². The van der Waals surface area contributed by atoms with E-state index < -0.39 is 0 Å². The maximum Gasteiger partial charge on any atom is 0.241 e. The lowest BCUT2D eigenvalue weighted by molar-refractivity contribution is -0.129. The second-order valence-corrected chi connectivity index (χ2v) is 3.75. The Hall–Kier alpha value is -2.09. The molecule has 0 aliphatic carbocycles. The summed E-state index contributed by atoms with van der Waals surface area (Å²) >= 11 is 0. The predicted octanol–water partition coefficient (Wildman–Crippen LogP) is 0.232. The van der Waals surface area contributed by atoms with Crippen molar-refractivity contribution >= 4 is 11.6 Å². The third kappa shape index (κ3) is 1.96. The number of nitrogens with zero attached hydrogens (tertiary/aromatic N) is 4. The van der Waals surface area contributed by atoms with Gasteiger partial charge in [-0.2, -0.15) is 5.26 Å². The summed E-state index contributed by atoms with van der Waals surface area (Å²) in [4.78, 5) is 19.2. The smallest absolute Gasteiger partial charge is 0.241 e. The van der Waals surface area contributed by atoms with Crippen molar-refractivity contribution < 1.29 is 4.79 Å². The molecular weight excluding hydrogens is 204 g/mol. The fourth-order valence-electron chi connectivity index (χ4n) is 1.62. The Kier molecular flexibility index (Phi) is 2.73. The van der Waals surface area contributed by atoms with Gasteiger partial charge in [-0.15, -0.1) is 0 Å². The highest BCUT2D eigenvalue weighted by Gasteiger charge is 2.21. The molecule has 1 aliphatic heterocycles. The molecule has 1 aliphatic rings. The molecule has 16 heavy (non-hydrogen) atoms. The van der Waals surface area contributed by atoms with E-state index in [0.717, 1.165) is 18.8 Å². The van der Waals surface area contributed by atoms with Crippen LogP contribution in [-0.4, -0.2) is 42.5 Å². The van der Waals surface area contributed by atoms with Crippen LogP contribution in [0.2, 0.25) is 0 Å². The second-order valence-electron chi connectivity index (χ2n) is 3.75. The first-order valence-corrected chi connectivity index (χ1v) is 5.06. The minimum atomic E-state index is 0.107. The number of anilines is 1. The molecule has 0 atom stereocenters. The van der Waals surface area contributed by atoms with Crippen molar-refractivity contribution in [2.45, 2.75) is 0 Å². The van der Waals surface area contributed by atoms with Gasteiger partial charge in [0.15, 0.2) is 0 Å². The van der Waals surface area contributed by atoms with Crippen LogP contribution in [0.1, 0.15) is 5.69 Å². The molecule has 1 fully saturated rings. The van der Waals surface area contributed by atoms with E-state index in [1.165, 1.54) is 0 Å². The zero-order valence-electron chi connectivity index (χ0n) is 9.05. The summed E-state index contributed by atoms with van der Waals surface area (Å²) in [5.74, 6) is 0.107. The maximum atomic E-state index is 11.5. The van der Waals surface area contributed by atoms with E-state index in [9.17, 15) is 4.79 Å². The van der Waals surface area contributed by atoms with E-state index in [-0.39, 0.29) is 5.91 Å². The van der Waals surface area contributed by atoms with Gasteiger partial charge in [0.05, 0.1) is 18.4 Å². The highest BCUT2D eigenvalue weighted by Crippen LogP contribution is 2.15. The monoisotopic (exact) mass is 216 g/mol. The molecule has 0 spiro atoms. The van der Waals surface area contributed by atoms with E-state index in [1.807, 2.05) is 17.0 Å². The quantitative estimate of drug-likeness (QED) is 0.674. The van der Waals surface area contributed by atoms with Crippen LogP contribution in [-0.2, 0) is 4.79 Å². The second kappa shape index (κ2) is 4.19. The lowest BCUT2D eigenvalue weighted by Crippen LogP contribution is -2.48. The molecule has 5 heteroatoms. The maximum absolute atomic E-state index is 11.5. The Morgan fingerprint density at radius 1 is 1.44 bits per heavy atom. The molecule has 2 rings (SSSR count). The minimum absolute atomic E-state index is 0.107. The van der Waals surface area contributed by atoms with Gasteiger partial charge in [0, 0.05) is 20.1 Å². The number of hydrogen-bond donors (Lipinski definition) is 0. The third-order valence-corrected chi connectivity index (χ3v) is 2.68. The number of nitriles is 1. The number of likely N-dealkylation sites (N-methyl/N-ethyl adjacent to an activating group) is 1. The van der Waals surface area contributed by atoms with Crippen molar-refractivity contribution in [1.29, 1.82) is 5.26 Å². The average molecular weight is 216 g/mol. The summed E-state index contributed by atoms with van der Waals surface area (Å²) in [7, 11) is 1.80. The van der Waals surface area contributed by atoms with Crippen molar-refractivity contribution in [3.05, 3.63) is 24.0 Å². The molecule has 0 aromatic carbocycles. The molecular formula is C11H12N4O. The molecule has 1 saturated heterocycles. The number of hydrogen-bond acceptors (Lipinski definition) is 4. The largest absolute Gasteiger partial charge is 0.359 e. The highest BCUT2D eigenvalue weighted by atomic mass is 16.2. The number of aromatic nitrogens is 1. The van der Waals surface area contributed by atoms with Crippen LogP contribution in [0.5, 0.6) is 0 Å². The molecule has 0 radical (unpaired) electrons. The van der Waals surface area contributed by atoms with Crippen LogP contribution in [0, 0.1) is 11.3 Å². The number of piperazine rings is 1. The lowest BCUT2D eigenvalue weighted by atomic mass is 10.2. The van der Waals surface area contributed by atoms with E-state index in [0.29, 0.717) is 12.2 Å². The summed E-state index contributed by atoms with van der Waals surface area (Å²) in [5.41, 5.74) is 1.28. The molecule has 0 unspecified atom stereocenters. The van der Waals surface area contributed by atoms with Gasteiger partial charge in [0.25, 0.3) is 0 Å². The van der Waals surface area contributed by atoms with Gasteiger partial charge in [-0.25, -0.2) is 4.98 Å². The van der Waals surface area contributed by atoms with Crippen molar-refractivity contribution in [3.63, 3.8) is 0 Å². The van der Waals surface area contributed by atoms with Gasteiger partial charge in [-0.05, 0) is 12.1 Å². The van der Waals surface area contributed by atoms with Crippen molar-refractivity contribution in [1.82, 2.24) is 9.88 Å². The topological polar surface area (TPSA) is 60.2 Å². The minimum Gasteiger partial charge on any atom is -0.359 e. The number of pyridine rings is 1. The van der Waals surface area contributed by atoms with Crippen molar-refractivity contribution in [2.24, 2.45) is 0 Å². The van der Waals surface area contributed by atoms with E-state index in [2.05, 4.69) is 4.98 Å².